The monoisotopic (exact) mass is 174 g/mol. The Morgan fingerprint density at radius 1 is 1.23 bits per heavy atom. The lowest BCUT2D eigenvalue weighted by Gasteiger charge is -1.98. The van der Waals surface area contributed by atoms with E-state index in [4.69, 9.17) is 5.73 Å². The van der Waals surface area contributed by atoms with E-state index in [0.717, 1.165) is 17.1 Å². The maximum Gasteiger partial charge on any atom is 0.0858 e. The van der Waals surface area contributed by atoms with Gasteiger partial charge in [-0.15, -0.1) is 0 Å². The molecule has 0 amide bonds. The van der Waals surface area contributed by atoms with Gasteiger partial charge in [-0.1, -0.05) is 0 Å². The first-order chi connectivity index (χ1) is 6.25. The number of hydrogen-bond donors (Lipinski definition) is 1. The van der Waals surface area contributed by atoms with Crippen molar-refractivity contribution in [2.75, 3.05) is 5.73 Å². The molecule has 2 rings (SSSR count). The van der Waals surface area contributed by atoms with E-state index in [1.807, 2.05) is 31.2 Å². The van der Waals surface area contributed by atoms with Gasteiger partial charge < -0.3 is 5.73 Å². The van der Waals surface area contributed by atoms with Crippen LogP contribution >= 0.6 is 0 Å². The number of anilines is 1. The van der Waals surface area contributed by atoms with Gasteiger partial charge in [0.15, 0.2) is 0 Å². The summed E-state index contributed by atoms with van der Waals surface area (Å²) in [6, 6.07) is 7.42. The van der Waals surface area contributed by atoms with Crippen molar-refractivity contribution in [2.45, 2.75) is 6.92 Å². The Bertz CT molecular complexity index is 402. The highest BCUT2D eigenvalue weighted by atomic mass is 15.5. The maximum atomic E-state index is 5.56. The van der Waals surface area contributed by atoms with Crippen molar-refractivity contribution >= 4 is 5.69 Å². The van der Waals surface area contributed by atoms with Gasteiger partial charge in [-0.3, -0.25) is 0 Å². The molecule has 0 aliphatic rings. The quantitative estimate of drug-likeness (QED) is 0.660. The van der Waals surface area contributed by atoms with Crippen LogP contribution in [-0.2, 0) is 0 Å². The molecular weight excluding hydrogens is 164 g/mol. The number of aryl methyl sites for hydroxylation is 1. The zero-order chi connectivity index (χ0) is 9.26. The average molecular weight is 174 g/mol. The molecule has 2 N–H and O–H groups in total. The lowest BCUT2D eigenvalue weighted by molar-refractivity contribution is 0.746. The summed E-state index contributed by atoms with van der Waals surface area (Å²) in [6.45, 7) is 1.90. The van der Waals surface area contributed by atoms with Crippen LogP contribution in [0.4, 0.5) is 5.69 Å². The largest absolute Gasteiger partial charge is 0.399 e. The van der Waals surface area contributed by atoms with Gasteiger partial charge in [-0.25, -0.2) is 0 Å². The first-order valence-electron chi connectivity index (χ1n) is 4.00. The number of nitrogen functional groups attached to an aromatic ring is 1. The summed E-state index contributed by atoms with van der Waals surface area (Å²) in [5.41, 5.74) is 8.12. The highest BCUT2D eigenvalue weighted by molar-refractivity contribution is 5.44. The number of nitrogens with two attached hydrogens (primary N) is 1. The van der Waals surface area contributed by atoms with E-state index in [2.05, 4.69) is 10.2 Å². The van der Waals surface area contributed by atoms with Crippen LogP contribution in [-0.4, -0.2) is 15.0 Å². The first-order valence-corrected chi connectivity index (χ1v) is 4.00. The first kappa shape index (κ1) is 7.79. The molecule has 0 fully saturated rings. The van der Waals surface area contributed by atoms with Crippen LogP contribution in [0, 0.1) is 6.92 Å². The Hall–Kier alpha value is -1.84. The van der Waals surface area contributed by atoms with Crippen molar-refractivity contribution in [1.82, 2.24) is 15.0 Å². The van der Waals surface area contributed by atoms with E-state index < -0.39 is 0 Å². The SMILES string of the molecule is Cc1cnn(-c2ccc(N)cc2)n1. The molecule has 1 heterocycles. The summed E-state index contributed by atoms with van der Waals surface area (Å²) in [7, 11) is 0. The summed E-state index contributed by atoms with van der Waals surface area (Å²) in [4.78, 5) is 1.58. The molecule has 0 aliphatic heterocycles. The molecule has 0 saturated carbocycles. The van der Waals surface area contributed by atoms with Crippen LogP contribution in [0.5, 0.6) is 0 Å². The highest BCUT2D eigenvalue weighted by Gasteiger charge is 1.97. The van der Waals surface area contributed by atoms with Gasteiger partial charge in [0, 0.05) is 5.69 Å². The predicted octanol–water partition coefficient (Wildman–Crippen LogP) is 1.16. The van der Waals surface area contributed by atoms with Gasteiger partial charge in [0.05, 0.1) is 17.6 Å². The topological polar surface area (TPSA) is 56.7 Å². The summed E-state index contributed by atoms with van der Waals surface area (Å²) in [5.74, 6) is 0. The zero-order valence-electron chi connectivity index (χ0n) is 7.31. The van der Waals surface area contributed by atoms with E-state index in [1.54, 1.807) is 11.0 Å². The van der Waals surface area contributed by atoms with Gasteiger partial charge in [0.2, 0.25) is 0 Å². The third kappa shape index (κ3) is 1.51. The molecule has 0 spiro atoms. The minimum Gasteiger partial charge on any atom is -0.399 e. The second-order valence-electron chi connectivity index (χ2n) is 2.87. The number of aromatic nitrogens is 3. The molecule has 13 heavy (non-hydrogen) atoms. The molecule has 1 aromatic carbocycles. The van der Waals surface area contributed by atoms with E-state index in [9.17, 15) is 0 Å². The third-order valence-electron chi connectivity index (χ3n) is 1.73. The lowest BCUT2D eigenvalue weighted by atomic mass is 10.3. The molecule has 0 radical (unpaired) electrons. The van der Waals surface area contributed by atoms with E-state index >= 15 is 0 Å². The van der Waals surface area contributed by atoms with Crippen LogP contribution in [0.1, 0.15) is 5.69 Å². The summed E-state index contributed by atoms with van der Waals surface area (Å²) in [6.07, 6.45) is 1.72. The highest BCUT2D eigenvalue weighted by Crippen LogP contribution is 2.08. The minimum absolute atomic E-state index is 0.743. The fourth-order valence-corrected chi connectivity index (χ4v) is 1.07. The maximum absolute atomic E-state index is 5.56. The Kier molecular flexibility index (Phi) is 1.73. The minimum atomic E-state index is 0.743. The van der Waals surface area contributed by atoms with Crippen LogP contribution in [0.25, 0.3) is 5.69 Å². The molecule has 66 valence electrons. The van der Waals surface area contributed by atoms with Gasteiger partial charge in [-0.05, 0) is 31.2 Å². The van der Waals surface area contributed by atoms with Crippen molar-refractivity contribution in [3.63, 3.8) is 0 Å². The Labute approximate surface area is 76.0 Å². The molecule has 1 aromatic heterocycles. The average Bonchev–Trinajstić information content (AvgIpc) is 2.53. The molecule has 4 heteroatoms. The molecular formula is C9H10N4. The number of hydrogen-bond acceptors (Lipinski definition) is 3. The Morgan fingerprint density at radius 3 is 2.46 bits per heavy atom. The van der Waals surface area contributed by atoms with Crippen LogP contribution in [0.2, 0.25) is 0 Å². The van der Waals surface area contributed by atoms with Gasteiger partial charge in [-0.2, -0.15) is 15.0 Å². The molecule has 0 bridgehead atoms. The Morgan fingerprint density at radius 2 is 1.92 bits per heavy atom. The fraction of sp³-hybridized carbons (Fsp3) is 0.111. The van der Waals surface area contributed by atoms with Gasteiger partial charge >= 0.3 is 0 Å². The van der Waals surface area contributed by atoms with Gasteiger partial charge in [0.25, 0.3) is 0 Å². The second kappa shape index (κ2) is 2.90. The van der Waals surface area contributed by atoms with Crippen molar-refractivity contribution < 1.29 is 0 Å². The number of nitrogens with zero attached hydrogens (tertiary/aromatic N) is 3. The third-order valence-corrected chi connectivity index (χ3v) is 1.73. The zero-order valence-corrected chi connectivity index (χ0v) is 7.31. The van der Waals surface area contributed by atoms with Crippen molar-refractivity contribution in [1.29, 1.82) is 0 Å². The lowest BCUT2D eigenvalue weighted by Crippen LogP contribution is -1.98. The smallest absolute Gasteiger partial charge is 0.0858 e. The summed E-state index contributed by atoms with van der Waals surface area (Å²) in [5, 5.41) is 8.26. The second-order valence-corrected chi connectivity index (χ2v) is 2.87. The number of benzene rings is 1. The summed E-state index contributed by atoms with van der Waals surface area (Å²) < 4.78 is 0. The standard InChI is InChI=1S/C9H10N4/c1-7-6-11-13(12-7)9-4-2-8(10)3-5-9/h2-6H,10H2,1H3. The summed E-state index contributed by atoms with van der Waals surface area (Å²) >= 11 is 0. The van der Waals surface area contributed by atoms with Crippen LogP contribution in [0.15, 0.2) is 30.5 Å². The normalized spacial score (nSPS) is 10.2. The molecule has 0 saturated heterocycles. The van der Waals surface area contributed by atoms with E-state index in [1.165, 1.54) is 0 Å². The van der Waals surface area contributed by atoms with Crippen molar-refractivity contribution in [2.24, 2.45) is 0 Å². The Balaban J connectivity index is 2.41. The fourth-order valence-electron chi connectivity index (χ4n) is 1.07. The van der Waals surface area contributed by atoms with Crippen molar-refractivity contribution in [3.05, 3.63) is 36.2 Å². The van der Waals surface area contributed by atoms with E-state index in [0.29, 0.717) is 0 Å². The van der Waals surface area contributed by atoms with E-state index in [-0.39, 0.29) is 0 Å². The molecule has 0 unspecified atom stereocenters. The van der Waals surface area contributed by atoms with Gasteiger partial charge in [0.1, 0.15) is 0 Å². The molecule has 4 nitrogen and oxygen atoms in total. The molecule has 0 atom stereocenters. The van der Waals surface area contributed by atoms with Crippen LogP contribution < -0.4 is 5.73 Å². The predicted molar refractivity (Wildman–Crippen MR) is 50.5 cm³/mol. The van der Waals surface area contributed by atoms with Crippen molar-refractivity contribution in [3.8, 4) is 5.69 Å². The number of rotatable bonds is 1. The molecule has 2 aromatic rings. The molecule has 0 aliphatic carbocycles. The van der Waals surface area contributed by atoms with Crippen LogP contribution in [0.3, 0.4) is 0 Å².